The number of carbonyl (C=O) groups excluding carboxylic acids is 1. The number of ether oxygens (including phenoxy) is 1. The van der Waals surface area contributed by atoms with E-state index in [4.69, 9.17) is 20.8 Å². The summed E-state index contributed by atoms with van der Waals surface area (Å²) in [5.41, 5.74) is 1.28. The zero-order chi connectivity index (χ0) is 23.2. The Balaban J connectivity index is 1.94. The van der Waals surface area contributed by atoms with Gasteiger partial charge in [-0.25, -0.2) is 9.79 Å². The fraction of sp³-hybridized carbons (Fsp3) is 0.227. The molecule has 1 unspecified atom stereocenters. The molecule has 0 aliphatic carbocycles. The maximum absolute atomic E-state index is 13.5. The third-order valence-electron chi connectivity index (χ3n) is 4.71. The molecule has 0 amide bonds. The molecule has 1 aromatic carbocycles. The van der Waals surface area contributed by atoms with Gasteiger partial charge in [0.1, 0.15) is 5.76 Å². The van der Waals surface area contributed by atoms with E-state index in [1.165, 1.54) is 15.9 Å². The van der Waals surface area contributed by atoms with Crippen LogP contribution in [0.15, 0.2) is 64.9 Å². The molecule has 0 spiro atoms. The van der Waals surface area contributed by atoms with Crippen molar-refractivity contribution < 1.29 is 13.9 Å². The number of halogens is 3. The van der Waals surface area contributed by atoms with Crippen molar-refractivity contribution in [3.8, 4) is 0 Å². The Bertz CT molecular complexity index is 1400. The van der Waals surface area contributed by atoms with E-state index in [9.17, 15) is 9.59 Å². The van der Waals surface area contributed by atoms with Crippen molar-refractivity contribution >= 4 is 66.8 Å². The maximum Gasteiger partial charge on any atom is 0.338 e. The standard InChI is InChI=1S/C22H17Br2ClN2O4S/c1-10(2)30-21(29)17-11(3)26-22-27(18(17)12-4-6-13(25)7-5-12)20(28)16(32-22)9-14-8-15(23)19(24)31-14/h4-10,18H,1-3H3. The van der Waals surface area contributed by atoms with Gasteiger partial charge < -0.3 is 9.15 Å². The van der Waals surface area contributed by atoms with Crippen LogP contribution in [0.4, 0.5) is 0 Å². The quantitative estimate of drug-likeness (QED) is 0.397. The van der Waals surface area contributed by atoms with Gasteiger partial charge in [0.25, 0.3) is 5.56 Å². The number of fused-ring (bicyclic) bond motifs is 1. The third-order valence-corrected chi connectivity index (χ3v) is 7.65. The van der Waals surface area contributed by atoms with Crippen molar-refractivity contribution in [3.05, 3.63) is 86.8 Å². The second-order valence-electron chi connectivity index (χ2n) is 7.36. The molecule has 10 heteroatoms. The third kappa shape index (κ3) is 4.44. The fourth-order valence-electron chi connectivity index (χ4n) is 3.38. The highest BCUT2D eigenvalue weighted by Crippen LogP contribution is 2.32. The predicted octanol–water partition coefficient (Wildman–Crippen LogP) is 4.96. The number of furan rings is 1. The molecule has 2 aromatic heterocycles. The zero-order valence-corrected chi connectivity index (χ0v) is 21.9. The number of rotatable bonds is 4. The molecule has 0 saturated carbocycles. The summed E-state index contributed by atoms with van der Waals surface area (Å²) in [7, 11) is 0. The number of benzene rings is 1. The molecule has 0 fully saturated rings. The first-order valence-electron chi connectivity index (χ1n) is 9.59. The summed E-state index contributed by atoms with van der Waals surface area (Å²) in [4.78, 5) is 31.5. The zero-order valence-electron chi connectivity index (χ0n) is 17.2. The Labute approximate surface area is 209 Å². The predicted molar refractivity (Wildman–Crippen MR) is 131 cm³/mol. The summed E-state index contributed by atoms with van der Waals surface area (Å²) < 4.78 is 14.3. The van der Waals surface area contributed by atoms with Gasteiger partial charge in [-0.05, 0) is 76.4 Å². The van der Waals surface area contributed by atoms with Crippen LogP contribution >= 0.6 is 54.8 Å². The second kappa shape index (κ2) is 9.13. The highest BCUT2D eigenvalue weighted by atomic mass is 79.9. The molecule has 0 N–H and O–H groups in total. The number of aromatic nitrogens is 1. The van der Waals surface area contributed by atoms with E-state index >= 15 is 0 Å². The van der Waals surface area contributed by atoms with Crippen LogP contribution in [0.3, 0.4) is 0 Å². The Morgan fingerprint density at radius 1 is 1.31 bits per heavy atom. The topological polar surface area (TPSA) is 73.8 Å². The summed E-state index contributed by atoms with van der Waals surface area (Å²) in [6.07, 6.45) is 1.35. The summed E-state index contributed by atoms with van der Waals surface area (Å²) in [5.74, 6) is 0.00147. The summed E-state index contributed by atoms with van der Waals surface area (Å²) in [5, 5.41) is 0.558. The molecule has 1 aliphatic rings. The van der Waals surface area contributed by atoms with Crippen molar-refractivity contribution in [3.63, 3.8) is 0 Å². The van der Waals surface area contributed by atoms with E-state index in [1.54, 1.807) is 57.2 Å². The number of thiazole rings is 1. The number of esters is 1. The number of allylic oxidation sites excluding steroid dienone is 1. The second-order valence-corrected chi connectivity index (χ2v) is 10.4. The van der Waals surface area contributed by atoms with Gasteiger partial charge in [-0.15, -0.1) is 0 Å². The minimum atomic E-state index is -0.688. The Morgan fingerprint density at radius 3 is 2.59 bits per heavy atom. The normalized spacial score (nSPS) is 16.3. The first kappa shape index (κ1) is 23.2. The molecule has 6 nitrogen and oxygen atoms in total. The number of hydrogen-bond acceptors (Lipinski definition) is 6. The van der Waals surface area contributed by atoms with Crippen LogP contribution in [-0.2, 0) is 9.53 Å². The number of carbonyl (C=O) groups is 1. The summed E-state index contributed by atoms with van der Waals surface area (Å²) >= 11 is 14.0. The maximum atomic E-state index is 13.5. The van der Waals surface area contributed by atoms with Gasteiger partial charge in [0, 0.05) is 11.1 Å². The van der Waals surface area contributed by atoms with Gasteiger partial charge in [-0.1, -0.05) is 35.1 Å². The largest absolute Gasteiger partial charge is 0.459 e. The van der Waals surface area contributed by atoms with Crippen LogP contribution in [-0.4, -0.2) is 16.6 Å². The van der Waals surface area contributed by atoms with E-state index in [2.05, 4.69) is 36.9 Å². The lowest BCUT2D eigenvalue weighted by atomic mass is 9.96. The molecular weight excluding hydrogens is 584 g/mol. The molecule has 1 aliphatic heterocycles. The molecule has 32 heavy (non-hydrogen) atoms. The molecule has 3 aromatic rings. The lowest BCUT2D eigenvalue weighted by Gasteiger charge is -2.25. The molecule has 0 bridgehead atoms. The van der Waals surface area contributed by atoms with E-state index in [0.29, 0.717) is 36.1 Å². The number of nitrogens with zero attached hydrogens (tertiary/aromatic N) is 2. The number of hydrogen-bond donors (Lipinski definition) is 0. The van der Waals surface area contributed by atoms with Crippen molar-refractivity contribution in [1.82, 2.24) is 4.57 Å². The fourth-order valence-corrected chi connectivity index (χ4v) is 5.14. The average Bonchev–Trinajstić information content (AvgIpc) is 3.19. The van der Waals surface area contributed by atoms with E-state index in [1.807, 2.05) is 0 Å². The summed E-state index contributed by atoms with van der Waals surface area (Å²) in [6, 6.07) is 8.12. The highest BCUT2D eigenvalue weighted by Gasteiger charge is 2.33. The minimum Gasteiger partial charge on any atom is -0.459 e. The SMILES string of the molecule is CC1=C(C(=O)OC(C)C)C(c2ccc(Cl)cc2)n2c(sc(=Cc3cc(Br)c(Br)o3)c2=O)=N1. The van der Waals surface area contributed by atoms with Crippen molar-refractivity contribution in [1.29, 1.82) is 0 Å². The summed E-state index contributed by atoms with van der Waals surface area (Å²) in [6.45, 7) is 5.30. The van der Waals surface area contributed by atoms with E-state index < -0.39 is 12.0 Å². The molecule has 4 rings (SSSR count). The monoisotopic (exact) mass is 598 g/mol. The first-order chi connectivity index (χ1) is 15.2. The lowest BCUT2D eigenvalue weighted by molar-refractivity contribution is -0.143. The molecule has 0 radical (unpaired) electrons. The molecule has 0 saturated heterocycles. The van der Waals surface area contributed by atoms with Crippen LogP contribution in [0.2, 0.25) is 5.02 Å². The van der Waals surface area contributed by atoms with Gasteiger partial charge >= 0.3 is 5.97 Å². The molecule has 3 heterocycles. The van der Waals surface area contributed by atoms with E-state index in [0.717, 1.165) is 10.0 Å². The Morgan fingerprint density at radius 2 is 2.00 bits per heavy atom. The lowest BCUT2D eigenvalue weighted by Crippen LogP contribution is -2.40. The van der Waals surface area contributed by atoms with E-state index in [-0.39, 0.29) is 11.7 Å². The van der Waals surface area contributed by atoms with Crippen LogP contribution < -0.4 is 14.9 Å². The van der Waals surface area contributed by atoms with Crippen molar-refractivity contribution in [2.24, 2.45) is 4.99 Å². The Hall–Kier alpha value is -1.94. The van der Waals surface area contributed by atoms with Gasteiger partial charge in [-0.3, -0.25) is 9.36 Å². The molecule has 166 valence electrons. The van der Waals surface area contributed by atoms with Gasteiger partial charge in [0.2, 0.25) is 0 Å². The van der Waals surface area contributed by atoms with Gasteiger partial charge in [-0.2, -0.15) is 0 Å². The van der Waals surface area contributed by atoms with Crippen LogP contribution in [0, 0.1) is 0 Å². The average molecular weight is 601 g/mol. The first-order valence-corrected chi connectivity index (χ1v) is 12.4. The van der Waals surface area contributed by atoms with Crippen molar-refractivity contribution in [2.75, 3.05) is 0 Å². The van der Waals surface area contributed by atoms with Gasteiger partial charge in [0.05, 0.1) is 32.4 Å². The minimum absolute atomic E-state index is 0.278. The van der Waals surface area contributed by atoms with Crippen molar-refractivity contribution in [2.45, 2.75) is 32.9 Å². The van der Waals surface area contributed by atoms with Gasteiger partial charge in [0.15, 0.2) is 9.47 Å². The van der Waals surface area contributed by atoms with Crippen LogP contribution in [0.25, 0.3) is 6.08 Å². The van der Waals surface area contributed by atoms with Crippen LogP contribution in [0.5, 0.6) is 0 Å². The highest BCUT2D eigenvalue weighted by molar-refractivity contribution is 9.13. The Kier molecular flexibility index (Phi) is 6.63. The molecular formula is C22H17Br2ClN2O4S. The smallest absolute Gasteiger partial charge is 0.338 e. The molecule has 1 atom stereocenters. The van der Waals surface area contributed by atoms with Crippen LogP contribution in [0.1, 0.15) is 38.1 Å².